The third-order valence-corrected chi connectivity index (χ3v) is 3.32. The number of nitrogens with zero attached hydrogens (tertiary/aromatic N) is 2. The van der Waals surface area contributed by atoms with Gasteiger partial charge in [0.25, 0.3) is 0 Å². The molecule has 0 aliphatic carbocycles. The predicted molar refractivity (Wildman–Crippen MR) is 84.8 cm³/mol. The Labute approximate surface area is 131 Å². The molecule has 0 saturated heterocycles. The molecule has 4 nitrogen and oxygen atoms in total. The van der Waals surface area contributed by atoms with Crippen LogP contribution in [0.4, 0.5) is 5.82 Å². The normalized spacial score (nSPS) is 10.4. The number of benzene rings is 1. The van der Waals surface area contributed by atoms with Crippen molar-refractivity contribution < 1.29 is 4.74 Å². The van der Waals surface area contributed by atoms with E-state index in [4.69, 9.17) is 16.3 Å². The van der Waals surface area contributed by atoms with Gasteiger partial charge in [-0.2, -0.15) is 4.98 Å². The molecule has 1 aromatic heterocycles. The van der Waals surface area contributed by atoms with E-state index in [-0.39, 0.29) is 0 Å². The molecule has 20 heavy (non-hydrogen) atoms. The van der Waals surface area contributed by atoms with Gasteiger partial charge in [0.15, 0.2) is 0 Å². The molecule has 106 valence electrons. The highest BCUT2D eigenvalue weighted by Gasteiger charge is 2.08. The van der Waals surface area contributed by atoms with Gasteiger partial charge in [0.1, 0.15) is 17.4 Å². The summed E-state index contributed by atoms with van der Waals surface area (Å²) in [5.74, 6) is 2.53. The fourth-order valence-electron chi connectivity index (χ4n) is 1.63. The van der Waals surface area contributed by atoms with Crippen LogP contribution in [0, 0.1) is 0 Å². The summed E-state index contributed by atoms with van der Waals surface area (Å²) in [6.45, 7) is 4.81. The summed E-state index contributed by atoms with van der Waals surface area (Å²) in [4.78, 5) is 8.73. The lowest BCUT2D eigenvalue weighted by Gasteiger charge is -2.10. The van der Waals surface area contributed by atoms with Crippen LogP contribution >= 0.6 is 27.5 Å². The Kier molecular flexibility index (Phi) is 5.20. The fraction of sp³-hybridized carbons (Fsp3) is 0.286. The molecule has 0 radical (unpaired) electrons. The molecule has 2 rings (SSSR count). The number of nitrogens with one attached hydrogen (secondary N) is 1. The van der Waals surface area contributed by atoms with Crippen LogP contribution in [-0.2, 0) is 6.42 Å². The first kappa shape index (κ1) is 15.1. The molecule has 6 heteroatoms. The highest BCUT2D eigenvalue weighted by molar-refractivity contribution is 9.10. The van der Waals surface area contributed by atoms with E-state index in [1.165, 1.54) is 0 Å². The van der Waals surface area contributed by atoms with Crippen molar-refractivity contribution in [1.29, 1.82) is 0 Å². The molecule has 0 amide bonds. The summed E-state index contributed by atoms with van der Waals surface area (Å²) in [6.07, 6.45) is 0.740. The number of hydrogen-bond donors (Lipinski definition) is 1. The third kappa shape index (κ3) is 3.84. The minimum Gasteiger partial charge on any atom is -0.437 e. The molecule has 0 unspecified atom stereocenters. The van der Waals surface area contributed by atoms with Crippen molar-refractivity contribution in [3.63, 3.8) is 0 Å². The van der Waals surface area contributed by atoms with Gasteiger partial charge in [0, 0.05) is 23.5 Å². The van der Waals surface area contributed by atoms with Crippen molar-refractivity contribution in [1.82, 2.24) is 9.97 Å². The number of aryl methyl sites for hydroxylation is 1. The average Bonchev–Trinajstić information content (AvgIpc) is 2.42. The predicted octanol–water partition coefficient (Wildman–Crippen LogP) is 4.68. The summed E-state index contributed by atoms with van der Waals surface area (Å²) < 4.78 is 6.65. The molecular formula is C14H15BrClN3O. The quantitative estimate of drug-likeness (QED) is 0.845. The van der Waals surface area contributed by atoms with Gasteiger partial charge in [-0.3, -0.25) is 0 Å². The van der Waals surface area contributed by atoms with Crippen molar-refractivity contribution in [3.05, 3.63) is 39.6 Å². The Hall–Kier alpha value is -1.33. The van der Waals surface area contributed by atoms with E-state index in [1.807, 2.05) is 19.9 Å². The van der Waals surface area contributed by atoms with Gasteiger partial charge in [0.05, 0.1) is 5.02 Å². The van der Waals surface area contributed by atoms with Crippen LogP contribution in [0.2, 0.25) is 5.02 Å². The first-order valence-corrected chi connectivity index (χ1v) is 7.54. The minimum atomic E-state index is 0.483. The standard InChI is InChI=1S/C14H15BrClN3O/c1-3-12-18-13(17-4-2)8-14(19-12)20-11-6-5-9(15)7-10(11)16/h5-8H,3-4H2,1-2H3,(H,17,18,19). The maximum Gasteiger partial charge on any atom is 0.224 e. The lowest BCUT2D eigenvalue weighted by molar-refractivity contribution is 0.459. The van der Waals surface area contributed by atoms with Crippen molar-refractivity contribution in [2.75, 3.05) is 11.9 Å². The molecule has 1 N–H and O–H groups in total. The lowest BCUT2D eigenvalue weighted by atomic mass is 10.3. The zero-order valence-corrected chi connectivity index (χ0v) is 13.6. The Morgan fingerprint density at radius 3 is 2.70 bits per heavy atom. The number of hydrogen-bond acceptors (Lipinski definition) is 4. The minimum absolute atomic E-state index is 0.483. The summed E-state index contributed by atoms with van der Waals surface area (Å²) in [7, 11) is 0. The highest BCUT2D eigenvalue weighted by atomic mass is 79.9. The Morgan fingerprint density at radius 1 is 1.25 bits per heavy atom. The molecular weight excluding hydrogens is 342 g/mol. The second-order valence-electron chi connectivity index (χ2n) is 4.07. The summed E-state index contributed by atoms with van der Waals surface area (Å²) in [6, 6.07) is 7.21. The molecule has 0 aliphatic heterocycles. The zero-order valence-electron chi connectivity index (χ0n) is 11.3. The number of ether oxygens (including phenoxy) is 1. The Morgan fingerprint density at radius 2 is 2.05 bits per heavy atom. The molecule has 2 aromatic rings. The van der Waals surface area contributed by atoms with E-state index in [0.717, 1.165) is 29.1 Å². The van der Waals surface area contributed by atoms with Gasteiger partial charge in [-0.25, -0.2) is 4.98 Å². The van der Waals surface area contributed by atoms with Crippen molar-refractivity contribution >= 4 is 33.3 Å². The van der Waals surface area contributed by atoms with Crippen LogP contribution in [0.25, 0.3) is 0 Å². The van der Waals surface area contributed by atoms with Gasteiger partial charge in [-0.1, -0.05) is 34.5 Å². The van der Waals surface area contributed by atoms with Crippen LogP contribution in [0.1, 0.15) is 19.7 Å². The number of aromatic nitrogens is 2. The van der Waals surface area contributed by atoms with E-state index in [2.05, 4.69) is 31.2 Å². The summed E-state index contributed by atoms with van der Waals surface area (Å²) in [5.41, 5.74) is 0. The number of anilines is 1. The topological polar surface area (TPSA) is 47.0 Å². The zero-order chi connectivity index (χ0) is 14.5. The van der Waals surface area contributed by atoms with Crippen molar-refractivity contribution in [2.24, 2.45) is 0 Å². The lowest BCUT2D eigenvalue weighted by Crippen LogP contribution is -2.04. The maximum atomic E-state index is 6.14. The van der Waals surface area contributed by atoms with E-state index in [0.29, 0.717) is 16.7 Å². The number of halogens is 2. The molecule has 1 aromatic carbocycles. The largest absolute Gasteiger partial charge is 0.437 e. The second-order valence-corrected chi connectivity index (χ2v) is 5.39. The molecule has 0 fully saturated rings. The second kappa shape index (κ2) is 6.90. The maximum absolute atomic E-state index is 6.14. The van der Waals surface area contributed by atoms with Gasteiger partial charge >= 0.3 is 0 Å². The smallest absolute Gasteiger partial charge is 0.224 e. The van der Waals surface area contributed by atoms with E-state index in [9.17, 15) is 0 Å². The van der Waals surface area contributed by atoms with Crippen LogP contribution in [-0.4, -0.2) is 16.5 Å². The van der Waals surface area contributed by atoms with Crippen LogP contribution in [0.5, 0.6) is 11.6 Å². The van der Waals surface area contributed by atoms with E-state index in [1.54, 1.807) is 18.2 Å². The van der Waals surface area contributed by atoms with Crippen molar-refractivity contribution in [3.8, 4) is 11.6 Å². The summed E-state index contributed by atoms with van der Waals surface area (Å²) >= 11 is 9.50. The van der Waals surface area contributed by atoms with Crippen LogP contribution in [0.3, 0.4) is 0 Å². The van der Waals surface area contributed by atoms with E-state index >= 15 is 0 Å². The molecule has 0 spiro atoms. The van der Waals surface area contributed by atoms with Crippen LogP contribution in [0.15, 0.2) is 28.7 Å². The Bertz CT molecular complexity index is 607. The van der Waals surface area contributed by atoms with Crippen molar-refractivity contribution in [2.45, 2.75) is 20.3 Å². The molecule has 0 bridgehead atoms. The SMILES string of the molecule is CCNc1cc(Oc2ccc(Br)cc2Cl)nc(CC)n1. The van der Waals surface area contributed by atoms with Crippen LogP contribution < -0.4 is 10.1 Å². The van der Waals surface area contributed by atoms with Gasteiger partial charge < -0.3 is 10.1 Å². The molecule has 0 aliphatic rings. The number of rotatable bonds is 5. The third-order valence-electron chi connectivity index (χ3n) is 2.53. The monoisotopic (exact) mass is 355 g/mol. The first-order valence-electron chi connectivity index (χ1n) is 6.37. The molecule has 0 atom stereocenters. The van der Waals surface area contributed by atoms with E-state index < -0.39 is 0 Å². The fourth-order valence-corrected chi connectivity index (χ4v) is 2.34. The summed E-state index contributed by atoms with van der Waals surface area (Å²) in [5, 5.41) is 3.69. The van der Waals surface area contributed by atoms with Gasteiger partial charge in [-0.05, 0) is 25.1 Å². The molecule has 0 saturated carbocycles. The van der Waals surface area contributed by atoms with Gasteiger partial charge in [0.2, 0.25) is 5.88 Å². The van der Waals surface area contributed by atoms with Gasteiger partial charge in [-0.15, -0.1) is 0 Å². The average molecular weight is 357 g/mol. The Balaban J connectivity index is 2.29. The highest BCUT2D eigenvalue weighted by Crippen LogP contribution is 2.31. The first-order chi connectivity index (χ1) is 9.62. The molecule has 1 heterocycles.